The Kier molecular flexibility index (Phi) is 6.21. The molecule has 23 heavy (non-hydrogen) atoms. The maximum absolute atomic E-state index is 12.3. The minimum atomic E-state index is 0.281. The van der Waals surface area contributed by atoms with Crippen molar-refractivity contribution in [1.82, 2.24) is 14.7 Å². The number of allylic oxidation sites excluding steroid dienone is 1. The SMILES string of the molecule is C=CC1=CN(CC=O)CN1C1CCN(C(=O)C2CCC2)C1.CO. The van der Waals surface area contributed by atoms with Crippen LogP contribution in [0.5, 0.6) is 0 Å². The predicted octanol–water partition coefficient (Wildman–Crippen LogP) is 0.797. The van der Waals surface area contributed by atoms with Crippen molar-refractivity contribution in [1.29, 1.82) is 0 Å². The summed E-state index contributed by atoms with van der Waals surface area (Å²) in [7, 11) is 1.00. The number of hydrogen-bond donors (Lipinski definition) is 1. The number of carbonyl (C=O) groups excluding carboxylic acids is 2. The van der Waals surface area contributed by atoms with E-state index in [1.165, 1.54) is 6.42 Å². The van der Waals surface area contributed by atoms with E-state index in [0.717, 1.165) is 58.1 Å². The van der Waals surface area contributed by atoms with E-state index in [1.807, 2.05) is 22.1 Å². The van der Waals surface area contributed by atoms with E-state index < -0.39 is 0 Å². The molecule has 0 spiro atoms. The number of aldehydes is 1. The van der Waals surface area contributed by atoms with Crippen LogP contribution in [0.25, 0.3) is 0 Å². The number of likely N-dealkylation sites (tertiary alicyclic amines) is 1. The standard InChI is InChI=1S/C16H23N3O2.CH4O/c1-2-14-10-17(8-9-20)12-19(14)15-6-7-18(11-15)16(21)13-4-3-5-13;1-2/h2,9-10,13,15H,1,3-8,11-12H2;2H,1H3. The Balaban J connectivity index is 0.000000924. The molecule has 0 radical (unpaired) electrons. The van der Waals surface area contributed by atoms with Crippen LogP contribution in [-0.2, 0) is 9.59 Å². The lowest BCUT2D eigenvalue weighted by Gasteiger charge is -2.31. The molecular weight excluding hydrogens is 294 g/mol. The fraction of sp³-hybridized carbons (Fsp3) is 0.647. The van der Waals surface area contributed by atoms with E-state index in [2.05, 4.69) is 11.5 Å². The average molecular weight is 321 g/mol. The predicted molar refractivity (Wildman–Crippen MR) is 88.2 cm³/mol. The van der Waals surface area contributed by atoms with Gasteiger partial charge in [-0.05, 0) is 25.3 Å². The lowest BCUT2D eigenvalue weighted by Crippen LogP contribution is -2.41. The highest BCUT2D eigenvalue weighted by Crippen LogP contribution is 2.31. The first kappa shape index (κ1) is 17.5. The molecule has 1 N–H and O–H groups in total. The van der Waals surface area contributed by atoms with Crippen LogP contribution in [0.1, 0.15) is 25.7 Å². The highest BCUT2D eigenvalue weighted by atomic mass is 16.2. The third-order valence-electron chi connectivity index (χ3n) is 4.87. The van der Waals surface area contributed by atoms with Gasteiger partial charge in [-0.3, -0.25) is 4.79 Å². The lowest BCUT2D eigenvalue weighted by molar-refractivity contribution is -0.137. The fourth-order valence-corrected chi connectivity index (χ4v) is 3.39. The van der Waals surface area contributed by atoms with Gasteiger partial charge in [-0.2, -0.15) is 0 Å². The Morgan fingerprint density at radius 1 is 1.39 bits per heavy atom. The molecule has 3 aliphatic rings. The molecule has 2 aliphatic heterocycles. The first-order valence-corrected chi connectivity index (χ1v) is 8.25. The Morgan fingerprint density at radius 3 is 2.70 bits per heavy atom. The van der Waals surface area contributed by atoms with Gasteiger partial charge in [0.15, 0.2) is 0 Å². The van der Waals surface area contributed by atoms with Crippen LogP contribution in [0, 0.1) is 5.92 Å². The summed E-state index contributed by atoms with van der Waals surface area (Å²) >= 11 is 0. The van der Waals surface area contributed by atoms with E-state index in [1.54, 1.807) is 0 Å². The van der Waals surface area contributed by atoms with Crippen molar-refractivity contribution in [2.45, 2.75) is 31.7 Å². The minimum absolute atomic E-state index is 0.281. The third kappa shape index (κ3) is 3.75. The van der Waals surface area contributed by atoms with Gasteiger partial charge in [-0.25, -0.2) is 0 Å². The monoisotopic (exact) mass is 321 g/mol. The van der Waals surface area contributed by atoms with Crippen molar-refractivity contribution in [2.75, 3.05) is 33.4 Å². The van der Waals surface area contributed by atoms with Crippen LogP contribution in [0.3, 0.4) is 0 Å². The quantitative estimate of drug-likeness (QED) is 0.759. The molecule has 2 heterocycles. The maximum Gasteiger partial charge on any atom is 0.225 e. The van der Waals surface area contributed by atoms with Gasteiger partial charge in [-0.1, -0.05) is 13.0 Å². The Morgan fingerprint density at radius 2 is 2.13 bits per heavy atom. The Labute approximate surface area is 138 Å². The summed E-state index contributed by atoms with van der Waals surface area (Å²) in [6.45, 7) is 6.64. The van der Waals surface area contributed by atoms with Crippen LogP contribution < -0.4 is 0 Å². The van der Waals surface area contributed by atoms with Crippen LogP contribution in [-0.4, -0.2) is 71.5 Å². The van der Waals surface area contributed by atoms with Gasteiger partial charge in [0.1, 0.15) is 6.29 Å². The molecule has 1 atom stereocenters. The summed E-state index contributed by atoms with van der Waals surface area (Å²) in [6.07, 6.45) is 9.06. The van der Waals surface area contributed by atoms with E-state index in [0.29, 0.717) is 18.5 Å². The van der Waals surface area contributed by atoms with Crippen molar-refractivity contribution in [2.24, 2.45) is 5.92 Å². The van der Waals surface area contributed by atoms with Crippen LogP contribution in [0.4, 0.5) is 0 Å². The van der Waals surface area contributed by atoms with Gasteiger partial charge in [0.25, 0.3) is 0 Å². The molecule has 1 amide bonds. The summed E-state index contributed by atoms with van der Waals surface area (Å²) < 4.78 is 0. The maximum atomic E-state index is 12.3. The van der Waals surface area contributed by atoms with Crippen LogP contribution in [0.15, 0.2) is 24.6 Å². The summed E-state index contributed by atoms with van der Waals surface area (Å²) in [5.74, 6) is 0.625. The zero-order chi connectivity index (χ0) is 16.8. The second kappa shape index (κ2) is 8.15. The van der Waals surface area contributed by atoms with E-state index in [9.17, 15) is 9.59 Å². The molecular formula is C17H27N3O3. The molecule has 2 fully saturated rings. The van der Waals surface area contributed by atoms with Crippen LogP contribution >= 0.6 is 0 Å². The van der Waals surface area contributed by atoms with Crippen molar-refractivity contribution in [3.8, 4) is 0 Å². The Hall–Kier alpha value is -1.82. The fourth-order valence-electron chi connectivity index (χ4n) is 3.39. The molecule has 6 nitrogen and oxygen atoms in total. The average Bonchev–Trinajstić information content (AvgIpc) is 3.14. The van der Waals surface area contributed by atoms with Crippen molar-refractivity contribution in [3.63, 3.8) is 0 Å². The van der Waals surface area contributed by atoms with Crippen molar-refractivity contribution >= 4 is 12.2 Å². The van der Waals surface area contributed by atoms with Gasteiger partial charge < -0.3 is 24.6 Å². The number of rotatable bonds is 5. The summed E-state index contributed by atoms with van der Waals surface area (Å²) in [4.78, 5) is 29.3. The molecule has 0 aromatic rings. The molecule has 1 saturated carbocycles. The van der Waals surface area contributed by atoms with Gasteiger partial charge in [0.05, 0.1) is 25.0 Å². The smallest absolute Gasteiger partial charge is 0.225 e. The van der Waals surface area contributed by atoms with E-state index in [-0.39, 0.29) is 5.92 Å². The molecule has 1 aliphatic carbocycles. The molecule has 3 rings (SSSR count). The normalized spacial score (nSPS) is 23.8. The molecule has 1 unspecified atom stereocenters. The second-order valence-electron chi connectivity index (χ2n) is 6.16. The lowest BCUT2D eigenvalue weighted by atomic mass is 9.84. The number of hydrogen-bond acceptors (Lipinski definition) is 5. The van der Waals surface area contributed by atoms with E-state index >= 15 is 0 Å². The largest absolute Gasteiger partial charge is 0.400 e. The number of aliphatic hydroxyl groups excluding tert-OH is 1. The number of aliphatic hydroxyl groups is 1. The summed E-state index contributed by atoms with van der Waals surface area (Å²) in [6, 6.07) is 0.343. The molecule has 0 aromatic heterocycles. The molecule has 0 aromatic carbocycles. The van der Waals surface area contributed by atoms with Gasteiger partial charge in [-0.15, -0.1) is 0 Å². The highest BCUT2D eigenvalue weighted by Gasteiger charge is 2.37. The molecule has 128 valence electrons. The summed E-state index contributed by atoms with van der Waals surface area (Å²) in [5.41, 5.74) is 1.06. The van der Waals surface area contributed by atoms with Crippen molar-refractivity contribution in [3.05, 3.63) is 24.6 Å². The number of amides is 1. The van der Waals surface area contributed by atoms with E-state index in [4.69, 9.17) is 5.11 Å². The molecule has 1 saturated heterocycles. The van der Waals surface area contributed by atoms with Crippen molar-refractivity contribution < 1.29 is 14.7 Å². The van der Waals surface area contributed by atoms with Gasteiger partial charge >= 0.3 is 0 Å². The zero-order valence-corrected chi connectivity index (χ0v) is 13.9. The minimum Gasteiger partial charge on any atom is -0.400 e. The zero-order valence-electron chi connectivity index (χ0n) is 13.9. The van der Waals surface area contributed by atoms with Gasteiger partial charge in [0.2, 0.25) is 5.91 Å². The summed E-state index contributed by atoms with van der Waals surface area (Å²) in [5, 5.41) is 7.00. The first-order chi connectivity index (χ1) is 11.2. The number of carbonyl (C=O) groups is 2. The van der Waals surface area contributed by atoms with Gasteiger partial charge in [0, 0.05) is 32.3 Å². The number of nitrogens with zero attached hydrogens (tertiary/aromatic N) is 3. The van der Waals surface area contributed by atoms with Crippen LogP contribution in [0.2, 0.25) is 0 Å². The topological polar surface area (TPSA) is 64.1 Å². The first-order valence-electron chi connectivity index (χ1n) is 8.25. The molecule has 6 heteroatoms. The third-order valence-corrected chi connectivity index (χ3v) is 4.87. The Bertz CT molecular complexity index is 474. The second-order valence-corrected chi connectivity index (χ2v) is 6.16. The highest BCUT2D eigenvalue weighted by molar-refractivity contribution is 5.79. The molecule has 0 bridgehead atoms.